The summed E-state index contributed by atoms with van der Waals surface area (Å²) in [4.78, 5) is 0. The molecule has 27 heavy (non-hydrogen) atoms. The first-order chi connectivity index (χ1) is 13.4. The van der Waals surface area contributed by atoms with Gasteiger partial charge in [-0.1, -0.05) is 95.9 Å². The summed E-state index contributed by atoms with van der Waals surface area (Å²) in [5, 5.41) is 0. The van der Waals surface area contributed by atoms with Gasteiger partial charge in [-0.15, -0.1) is 0 Å². The van der Waals surface area contributed by atoms with Crippen LogP contribution < -0.4 is 0 Å². The molecule has 160 valence electrons. The normalized spacial score (nSPS) is 11.9. The molecule has 0 saturated heterocycles. The van der Waals surface area contributed by atoms with Crippen LogP contribution in [0.2, 0.25) is 0 Å². The molecule has 0 heterocycles. The highest BCUT2D eigenvalue weighted by Gasteiger charge is 1.91. The molecule has 0 amide bonds. The van der Waals surface area contributed by atoms with E-state index in [1.165, 1.54) is 89.9 Å². The van der Waals surface area contributed by atoms with Gasteiger partial charge in [0, 0.05) is 6.61 Å². The van der Waals surface area contributed by atoms with Crippen molar-refractivity contribution >= 4 is 0 Å². The van der Waals surface area contributed by atoms with Gasteiger partial charge in [0.05, 0.1) is 6.61 Å². The van der Waals surface area contributed by atoms with Crippen molar-refractivity contribution in [1.29, 1.82) is 0 Å². The van der Waals surface area contributed by atoms with Crippen LogP contribution in [0.15, 0.2) is 24.3 Å². The van der Waals surface area contributed by atoms with E-state index in [4.69, 9.17) is 9.47 Å². The van der Waals surface area contributed by atoms with Gasteiger partial charge in [-0.2, -0.15) is 0 Å². The summed E-state index contributed by atoms with van der Waals surface area (Å²) in [6.07, 6.45) is 30.0. The van der Waals surface area contributed by atoms with E-state index >= 15 is 0 Å². The van der Waals surface area contributed by atoms with Crippen LogP contribution in [0.4, 0.5) is 0 Å². The summed E-state index contributed by atoms with van der Waals surface area (Å²) < 4.78 is 10.9. The molecule has 0 aliphatic rings. The lowest BCUT2D eigenvalue weighted by Gasteiger charge is -2.04. The average Bonchev–Trinajstić information content (AvgIpc) is 2.68. The molecule has 2 nitrogen and oxygen atoms in total. The van der Waals surface area contributed by atoms with Crippen molar-refractivity contribution in [3.8, 4) is 0 Å². The minimum Gasteiger partial charge on any atom is -0.355 e. The lowest BCUT2D eigenvalue weighted by Crippen LogP contribution is -2.02. The fraction of sp³-hybridized carbons (Fsp3) is 0.840. The van der Waals surface area contributed by atoms with Crippen molar-refractivity contribution in [1.82, 2.24) is 0 Å². The molecule has 0 radical (unpaired) electrons. The molecular formula is C25H48O2. The number of rotatable bonds is 22. The minimum absolute atomic E-state index is 0.453. The van der Waals surface area contributed by atoms with Crippen molar-refractivity contribution in [2.75, 3.05) is 20.0 Å². The van der Waals surface area contributed by atoms with Crippen LogP contribution in [0.5, 0.6) is 0 Å². The summed E-state index contributed by atoms with van der Waals surface area (Å²) >= 11 is 0. The SMILES string of the molecule is CCCC/C=C/CCCCCCCC/C=C\CCOCOCCCCCC. The standard InChI is InChI=1S/C25H48O2/c1-3-5-7-9-10-11-12-13-14-15-16-17-18-19-20-22-24-27-25-26-23-21-8-6-4-2/h9-10,19-20H,3-8,11-18,21-25H2,1-2H3/b10-9+,20-19-. The van der Waals surface area contributed by atoms with Crippen molar-refractivity contribution in [2.24, 2.45) is 0 Å². The van der Waals surface area contributed by atoms with E-state index in [2.05, 4.69) is 38.2 Å². The van der Waals surface area contributed by atoms with Crippen molar-refractivity contribution < 1.29 is 9.47 Å². The van der Waals surface area contributed by atoms with Gasteiger partial charge in [0.15, 0.2) is 0 Å². The third-order valence-corrected chi connectivity index (χ3v) is 4.79. The second-order valence-corrected chi connectivity index (χ2v) is 7.57. The van der Waals surface area contributed by atoms with Gasteiger partial charge < -0.3 is 9.47 Å². The molecule has 0 aromatic heterocycles. The quantitative estimate of drug-likeness (QED) is 0.107. The van der Waals surface area contributed by atoms with Gasteiger partial charge in [-0.3, -0.25) is 0 Å². The monoisotopic (exact) mass is 380 g/mol. The maximum Gasteiger partial charge on any atom is 0.146 e. The lowest BCUT2D eigenvalue weighted by molar-refractivity contribution is -0.0531. The second-order valence-electron chi connectivity index (χ2n) is 7.57. The number of unbranched alkanes of at least 4 members (excludes halogenated alkanes) is 12. The highest BCUT2D eigenvalue weighted by Crippen LogP contribution is 2.09. The molecule has 0 aromatic carbocycles. The van der Waals surface area contributed by atoms with E-state index in [9.17, 15) is 0 Å². The van der Waals surface area contributed by atoms with E-state index in [1.54, 1.807) is 0 Å². The zero-order valence-corrected chi connectivity index (χ0v) is 18.6. The van der Waals surface area contributed by atoms with Crippen molar-refractivity contribution in [3.63, 3.8) is 0 Å². The molecule has 0 aromatic rings. The first-order valence-corrected chi connectivity index (χ1v) is 11.9. The Morgan fingerprint density at radius 2 is 0.926 bits per heavy atom. The first kappa shape index (κ1) is 26.4. The van der Waals surface area contributed by atoms with Crippen LogP contribution in [0.25, 0.3) is 0 Å². The molecular weight excluding hydrogens is 332 g/mol. The molecule has 0 aliphatic heterocycles. The zero-order valence-electron chi connectivity index (χ0n) is 18.6. The van der Waals surface area contributed by atoms with Gasteiger partial charge in [0.1, 0.15) is 6.79 Å². The van der Waals surface area contributed by atoms with Crippen LogP contribution in [0.1, 0.15) is 117 Å². The van der Waals surface area contributed by atoms with Gasteiger partial charge in [0.2, 0.25) is 0 Å². The molecule has 0 aliphatic carbocycles. The highest BCUT2D eigenvalue weighted by molar-refractivity contribution is 4.82. The maximum atomic E-state index is 5.48. The van der Waals surface area contributed by atoms with Gasteiger partial charge in [-0.25, -0.2) is 0 Å². The molecule has 0 atom stereocenters. The van der Waals surface area contributed by atoms with E-state index in [-0.39, 0.29) is 0 Å². The van der Waals surface area contributed by atoms with Crippen LogP contribution in [0.3, 0.4) is 0 Å². The fourth-order valence-electron chi connectivity index (χ4n) is 2.98. The fourth-order valence-corrected chi connectivity index (χ4v) is 2.98. The Morgan fingerprint density at radius 1 is 0.444 bits per heavy atom. The van der Waals surface area contributed by atoms with E-state index in [1.807, 2.05) is 0 Å². The number of hydrogen-bond donors (Lipinski definition) is 0. The van der Waals surface area contributed by atoms with Crippen LogP contribution in [0, 0.1) is 0 Å². The summed E-state index contributed by atoms with van der Waals surface area (Å²) in [5.41, 5.74) is 0. The van der Waals surface area contributed by atoms with Crippen molar-refractivity contribution in [3.05, 3.63) is 24.3 Å². The minimum atomic E-state index is 0.453. The smallest absolute Gasteiger partial charge is 0.146 e. The average molecular weight is 381 g/mol. The molecule has 0 saturated carbocycles. The van der Waals surface area contributed by atoms with Crippen LogP contribution >= 0.6 is 0 Å². The van der Waals surface area contributed by atoms with Crippen molar-refractivity contribution in [2.45, 2.75) is 117 Å². The van der Waals surface area contributed by atoms with E-state index < -0.39 is 0 Å². The Hall–Kier alpha value is -0.600. The summed E-state index contributed by atoms with van der Waals surface area (Å²) in [6, 6.07) is 0. The topological polar surface area (TPSA) is 18.5 Å². The Morgan fingerprint density at radius 3 is 1.56 bits per heavy atom. The number of hydrogen-bond acceptors (Lipinski definition) is 2. The number of allylic oxidation sites excluding steroid dienone is 3. The van der Waals surface area contributed by atoms with E-state index in [0.717, 1.165) is 26.1 Å². The third-order valence-electron chi connectivity index (χ3n) is 4.79. The predicted octanol–water partition coefficient (Wildman–Crippen LogP) is 8.37. The summed E-state index contributed by atoms with van der Waals surface area (Å²) in [6.45, 7) is 6.55. The molecule has 0 rings (SSSR count). The highest BCUT2D eigenvalue weighted by atomic mass is 16.7. The largest absolute Gasteiger partial charge is 0.355 e. The zero-order chi connectivity index (χ0) is 19.7. The molecule has 0 N–H and O–H groups in total. The Bertz CT molecular complexity index is 309. The summed E-state index contributed by atoms with van der Waals surface area (Å²) in [7, 11) is 0. The lowest BCUT2D eigenvalue weighted by atomic mass is 10.1. The predicted molar refractivity (Wildman–Crippen MR) is 120 cm³/mol. The van der Waals surface area contributed by atoms with Crippen LogP contribution in [-0.4, -0.2) is 20.0 Å². The Labute approximate surface area is 170 Å². The molecule has 0 spiro atoms. The molecule has 0 bridgehead atoms. The molecule has 0 fully saturated rings. The van der Waals surface area contributed by atoms with E-state index in [0.29, 0.717) is 6.79 Å². The first-order valence-electron chi connectivity index (χ1n) is 11.9. The van der Waals surface area contributed by atoms with Gasteiger partial charge >= 0.3 is 0 Å². The second kappa shape index (κ2) is 25.4. The Kier molecular flexibility index (Phi) is 24.8. The Balaban J connectivity index is 3.09. The number of ether oxygens (including phenoxy) is 2. The van der Waals surface area contributed by atoms with Gasteiger partial charge in [0.25, 0.3) is 0 Å². The molecule has 0 unspecified atom stereocenters. The summed E-state index contributed by atoms with van der Waals surface area (Å²) in [5.74, 6) is 0. The third kappa shape index (κ3) is 25.4. The molecule has 2 heteroatoms. The van der Waals surface area contributed by atoms with Crippen LogP contribution in [-0.2, 0) is 9.47 Å². The maximum absolute atomic E-state index is 5.48. The van der Waals surface area contributed by atoms with Gasteiger partial charge in [-0.05, 0) is 44.9 Å².